The third-order valence-electron chi connectivity index (χ3n) is 0.167. The van der Waals surface area contributed by atoms with Crippen LogP contribution < -0.4 is 34.0 Å². The molecule has 0 aliphatic carbocycles. The van der Waals surface area contributed by atoms with Gasteiger partial charge in [-0.3, -0.25) is 0 Å². The zero-order valence-electron chi connectivity index (χ0n) is 3.32. The zero-order chi connectivity index (χ0) is 3.41. The van der Waals surface area contributed by atoms with Crippen molar-refractivity contribution in [3.05, 3.63) is 12.7 Å². The van der Waals surface area contributed by atoms with Gasteiger partial charge in [0, 0.05) is 0 Å². The van der Waals surface area contributed by atoms with Gasteiger partial charge < -0.3 is 34.0 Å². The molecule has 0 radical (unpaired) electrons. The van der Waals surface area contributed by atoms with Gasteiger partial charge in [-0.15, -0.1) is 0 Å². The number of hydrogen-bond acceptors (Lipinski definition) is 0. The van der Waals surface area contributed by atoms with Crippen molar-refractivity contribution >= 4 is 24.4 Å². The maximum Gasteiger partial charge on any atom is -1.00 e. The molecule has 0 aromatic carbocycles. The van der Waals surface area contributed by atoms with E-state index in [-0.39, 0.29) is 34.0 Å². The van der Waals surface area contributed by atoms with E-state index >= 15 is 0 Å². The van der Waals surface area contributed by atoms with Gasteiger partial charge >= 0.3 is 41.2 Å². The van der Waals surface area contributed by atoms with Gasteiger partial charge in [0.2, 0.25) is 0 Å². The van der Waals surface area contributed by atoms with Crippen molar-refractivity contribution in [1.82, 2.24) is 0 Å². The molecule has 0 amide bonds. The number of halogens is 2. The van der Waals surface area contributed by atoms with Gasteiger partial charge in [0.1, 0.15) is 0 Å². The molecule has 6 heavy (non-hydrogen) atoms. The molecule has 0 saturated heterocycles. The molecular weight excluding hydrogens is 311 g/mol. The molecule has 0 rings (SSSR count). The summed E-state index contributed by atoms with van der Waals surface area (Å²) in [6, 6.07) is 0. The van der Waals surface area contributed by atoms with Crippen LogP contribution in [-0.2, 0) is 0 Å². The smallest absolute Gasteiger partial charge is 1.00 e. The predicted octanol–water partition coefficient (Wildman–Crippen LogP) is -5.23. The quantitative estimate of drug-likeness (QED) is 0.424. The van der Waals surface area contributed by atoms with E-state index in [9.17, 15) is 0 Å². The molecule has 34 valence electrons. The second-order valence-corrected chi connectivity index (χ2v) is 1.87. The largest absolute Gasteiger partial charge is 1.00 e. The molecule has 0 saturated carbocycles. The molecule has 0 atom stereocenters. The fraction of sp³-hybridized carbons (Fsp3) is 0.333. The van der Waals surface area contributed by atoms with Crippen molar-refractivity contribution in [2.24, 2.45) is 0 Å². The normalized spacial score (nSPS) is 4.33. The summed E-state index contributed by atoms with van der Waals surface area (Å²) in [7, 11) is 0. The number of hydrogen-bond donors (Lipinski definition) is 0. The van der Waals surface area contributed by atoms with Crippen LogP contribution in [0.2, 0.25) is 4.18 Å². The Bertz CT molecular complexity index is 22.8. The summed E-state index contributed by atoms with van der Waals surface area (Å²) in [4.78, 5) is 0. The van der Waals surface area contributed by atoms with Gasteiger partial charge in [-0.2, -0.15) is 0 Å². The molecule has 0 aromatic rings. The van der Waals surface area contributed by atoms with Crippen molar-refractivity contribution < 1.29 is 34.0 Å². The van der Waals surface area contributed by atoms with Crippen LogP contribution in [0.4, 0.5) is 0 Å². The van der Waals surface area contributed by atoms with E-state index in [4.69, 9.17) is 0 Å². The van der Waals surface area contributed by atoms with Crippen molar-refractivity contribution in [3.63, 3.8) is 0 Å². The Morgan fingerprint density at radius 1 is 1.50 bits per heavy atom. The molecular formula is C3H5Br2In. The second-order valence-electron chi connectivity index (χ2n) is 0.524. The van der Waals surface area contributed by atoms with Crippen LogP contribution in [0.15, 0.2) is 12.7 Å². The van der Waals surface area contributed by atoms with E-state index in [0.717, 1.165) is 0 Å². The average Bonchev–Trinajstić information content (AvgIpc) is 1.37. The maximum atomic E-state index is 3.51. The molecule has 0 unspecified atom stereocenters. The van der Waals surface area contributed by atoms with Crippen molar-refractivity contribution in [3.8, 4) is 0 Å². The molecule has 0 heterocycles. The van der Waals surface area contributed by atoms with Crippen molar-refractivity contribution in [1.29, 1.82) is 0 Å². The predicted molar refractivity (Wildman–Crippen MR) is 20.8 cm³/mol. The number of allylic oxidation sites excluding steroid dienone is 1. The minimum absolute atomic E-state index is 0. The first-order valence-corrected chi connectivity index (χ1v) is 3.56. The Morgan fingerprint density at radius 3 is 1.67 bits per heavy atom. The Kier molecular flexibility index (Phi) is 41.7. The van der Waals surface area contributed by atoms with E-state index < -0.39 is 0 Å². The van der Waals surface area contributed by atoms with Crippen LogP contribution in [0.3, 0.4) is 0 Å². The molecule has 0 bridgehead atoms. The fourth-order valence-corrected chi connectivity index (χ4v) is 0. The van der Waals surface area contributed by atoms with E-state index in [0.29, 0.717) is 0 Å². The van der Waals surface area contributed by atoms with E-state index in [1.807, 2.05) is 6.08 Å². The Balaban J connectivity index is -0.0000000450. The summed E-state index contributed by atoms with van der Waals surface area (Å²) in [5.41, 5.74) is 0. The van der Waals surface area contributed by atoms with Crippen molar-refractivity contribution in [2.45, 2.75) is 4.18 Å². The summed E-state index contributed by atoms with van der Waals surface area (Å²) in [5, 5.41) is 0. The summed E-state index contributed by atoms with van der Waals surface area (Å²) < 4.78 is 1.21. The first-order chi connectivity index (χ1) is 1.91. The molecule has 0 aromatic heterocycles. The van der Waals surface area contributed by atoms with Crippen LogP contribution in [0.1, 0.15) is 0 Å². The summed E-state index contributed by atoms with van der Waals surface area (Å²) >= 11 is 1.32. The molecule has 0 nitrogen and oxygen atoms in total. The van der Waals surface area contributed by atoms with Crippen LogP contribution >= 0.6 is 0 Å². The van der Waals surface area contributed by atoms with Crippen molar-refractivity contribution in [2.75, 3.05) is 0 Å². The minimum atomic E-state index is 0. The van der Waals surface area contributed by atoms with Gasteiger partial charge in [0.25, 0.3) is 0 Å². The molecule has 0 fully saturated rings. The monoisotopic (exact) mass is 314 g/mol. The first-order valence-electron chi connectivity index (χ1n) is 1.22. The Morgan fingerprint density at radius 2 is 1.67 bits per heavy atom. The Labute approximate surface area is 74.5 Å². The van der Waals surface area contributed by atoms with Gasteiger partial charge in [0.05, 0.1) is 0 Å². The average molecular weight is 316 g/mol. The maximum absolute atomic E-state index is 3.51. The van der Waals surface area contributed by atoms with Crippen LogP contribution in [0, 0.1) is 0 Å². The van der Waals surface area contributed by atoms with Crippen LogP contribution in [-0.4, -0.2) is 24.4 Å². The SMILES string of the molecule is C=C[CH2][In+2].[Br-].[Br-]. The molecule has 0 N–H and O–H groups in total. The first kappa shape index (κ1) is 15.6. The number of rotatable bonds is 1. The van der Waals surface area contributed by atoms with E-state index in [2.05, 4.69) is 6.58 Å². The molecule has 0 aliphatic heterocycles. The van der Waals surface area contributed by atoms with Gasteiger partial charge in [-0.05, 0) is 0 Å². The molecule has 0 spiro atoms. The summed E-state index contributed by atoms with van der Waals surface area (Å²) in [6.45, 7) is 3.51. The Hall–Kier alpha value is 1.57. The van der Waals surface area contributed by atoms with Crippen LogP contribution in [0.5, 0.6) is 0 Å². The fourth-order valence-electron chi connectivity index (χ4n) is 0. The van der Waals surface area contributed by atoms with E-state index in [1.54, 1.807) is 0 Å². The summed E-state index contributed by atoms with van der Waals surface area (Å²) in [5.74, 6) is 0. The molecule has 3 heteroatoms. The summed E-state index contributed by atoms with van der Waals surface area (Å²) in [6.07, 6.45) is 1.93. The van der Waals surface area contributed by atoms with Gasteiger partial charge in [0.15, 0.2) is 0 Å². The van der Waals surface area contributed by atoms with E-state index in [1.165, 1.54) is 28.6 Å². The molecule has 0 aliphatic rings. The standard InChI is InChI=1S/C3H5.2BrH.In/c1-3-2;;;/h3H,1-2H2;2*1H;/q;;;+2/p-2. The third kappa shape index (κ3) is 17.6. The second kappa shape index (κ2) is 16.0. The topological polar surface area (TPSA) is 0 Å². The zero-order valence-corrected chi connectivity index (χ0v) is 9.79. The van der Waals surface area contributed by atoms with Gasteiger partial charge in [-0.1, -0.05) is 0 Å². The minimum Gasteiger partial charge on any atom is -1.00 e. The van der Waals surface area contributed by atoms with Gasteiger partial charge in [-0.25, -0.2) is 0 Å². The third-order valence-corrected chi connectivity index (χ3v) is 1.12. The van der Waals surface area contributed by atoms with Crippen LogP contribution in [0.25, 0.3) is 0 Å².